The summed E-state index contributed by atoms with van der Waals surface area (Å²) in [5, 5.41) is 16.8. The van der Waals surface area contributed by atoms with Gasteiger partial charge < -0.3 is 24.4 Å². The van der Waals surface area contributed by atoms with E-state index in [-0.39, 0.29) is 13.2 Å². The molecule has 0 amide bonds. The molecule has 0 aromatic rings. The molecule has 0 aliphatic rings. The van der Waals surface area contributed by atoms with E-state index >= 15 is 0 Å². The summed E-state index contributed by atoms with van der Waals surface area (Å²) < 4.78 is 14.1. The predicted octanol–water partition coefficient (Wildman–Crippen LogP) is 2.95. The fourth-order valence-corrected chi connectivity index (χ4v) is 1.64. The van der Waals surface area contributed by atoms with Crippen LogP contribution in [0.15, 0.2) is 0 Å². The van der Waals surface area contributed by atoms with Gasteiger partial charge >= 0.3 is 12.3 Å². The van der Waals surface area contributed by atoms with Gasteiger partial charge in [0, 0.05) is 6.61 Å². The van der Waals surface area contributed by atoms with Crippen LogP contribution in [0.3, 0.4) is 0 Å². The average molecular weight is 306 g/mol. The minimum atomic E-state index is -1.25. The van der Waals surface area contributed by atoms with Crippen LogP contribution in [-0.4, -0.2) is 49.0 Å². The van der Waals surface area contributed by atoms with E-state index in [1.54, 1.807) is 0 Å². The molecule has 0 saturated carbocycles. The summed E-state index contributed by atoms with van der Waals surface area (Å²) >= 11 is 0. The Morgan fingerprint density at radius 3 is 1.52 bits per heavy atom. The maximum atomic E-state index is 11.2. The second-order valence-corrected chi connectivity index (χ2v) is 4.61. The number of rotatable bonds is 13. The number of carbonyl (C=O) groups is 2. The second kappa shape index (κ2) is 14.9. The zero-order valence-corrected chi connectivity index (χ0v) is 12.4. The summed E-state index contributed by atoms with van der Waals surface area (Å²) in [6, 6.07) is 0. The van der Waals surface area contributed by atoms with Gasteiger partial charge in [0.05, 0.1) is 19.8 Å². The van der Waals surface area contributed by atoms with Crippen LogP contribution >= 0.6 is 0 Å². The lowest BCUT2D eigenvalue weighted by atomic mass is 10.2. The number of carbonyl (C=O) groups excluding carboxylic acids is 1. The number of hydrogen-bond donors (Lipinski definition) is 2. The van der Waals surface area contributed by atoms with Crippen molar-refractivity contribution < 1.29 is 34.0 Å². The lowest BCUT2D eigenvalue weighted by Crippen LogP contribution is -2.09. The number of unbranched alkanes of at least 4 members (excludes halogenated alkanes) is 6. The van der Waals surface area contributed by atoms with Crippen LogP contribution in [-0.2, 0) is 14.2 Å². The topological polar surface area (TPSA) is 102 Å². The maximum Gasteiger partial charge on any atom is 0.508 e. The molecular weight excluding hydrogens is 280 g/mol. The molecule has 0 rings (SSSR count). The summed E-state index contributed by atoms with van der Waals surface area (Å²) in [6.07, 6.45) is 4.58. The molecule has 0 fully saturated rings. The van der Waals surface area contributed by atoms with Crippen LogP contribution in [0.4, 0.5) is 9.59 Å². The average Bonchev–Trinajstić information content (AvgIpc) is 2.45. The summed E-state index contributed by atoms with van der Waals surface area (Å²) in [7, 11) is 0. The highest BCUT2D eigenvalue weighted by Gasteiger charge is 2.03. The van der Waals surface area contributed by atoms with Crippen LogP contribution in [0.1, 0.15) is 51.4 Å². The van der Waals surface area contributed by atoms with Gasteiger partial charge in [-0.05, 0) is 44.9 Å². The van der Waals surface area contributed by atoms with E-state index in [1.807, 2.05) is 0 Å². The van der Waals surface area contributed by atoms with Crippen molar-refractivity contribution in [3.05, 3.63) is 0 Å². The van der Waals surface area contributed by atoms with Crippen LogP contribution in [0.25, 0.3) is 0 Å². The van der Waals surface area contributed by atoms with Crippen LogP contribution < -0.4 is 0 Å². The van der Waals surface area contributed by atoms with Crippen LogP contribution in [0.2, 0.25) is 0 Å². The molecule has 0 aromatic carbocycles. The Kier molecular flexibility index (Phi) is 13.8. The lowest BCUT2D eigenvalue weighted by Gasteiger charge is -2.06. The van der Waals surface area contributed by atoms with E-state index in [1.165, 1.54) is 0 Å². The van der Waals surface area contributed by atoms with Gasteiger partial charge in [-0.3, -0.25) is 0 Å². The molecule has 0 aromatic heterocycles. The number of aliphatic hydroxyl groups excluding tert-OH is 1. The number of aliphatic hydroxyl groups is 1. The van der Waals surface area contributed by atoms with E-state index in [0.717, 1.165) is 44.9 Å². The molecule has 0 spiro atoms. The third kappa shape index (κ3) is 16.4. The molecule has 0 saturated heterocycles. The molecule has 0 aliphatic carbocycles. The van der Waals surface area contributed by atoms with E-state index in [4.69, 9.17) is 19.7 Å². The highest BCUT2D eigenvalue weighted by molar-refractivity contribution is 5.59. The summed E-state index contributed by atoms with van der Waals surface area (Å²) in [6.45, 7) is 1.06. The molecular formula is C14H26O7. The highest BCUT2D eigenvalue weighted by atomic mass is 16.7. The molecule has 21 heavy (non-hydrogen) atoms. The van der Waals surface area contributed by atoms with Crippen molar-refractivity contribution in [2.24, 2.45) is 0 Å². The first-order valence-corrected chi connectivity index (χ1v) is 7.43. The van der Waals surface area contributed by atoms with Gasteiger partial charge in [0.15, 0.2) is 0 Å². The third-order valence-electron chi connectivity index (χ3n) is 2.76. The Morgan fingerprint density at radius 2 is 1.10 bits per heavy atom. The molecule has 0 heterocycles. The molecule has 0 radical (unpaired) electrons. The molecule has 0 aliphatic heterocycles. The smallest absolute Gasteiger partial charge is 0.450 e. The minimum absolute atomic E-state index is 0.200. The van der Waals surface area contributed by atoms with Crippen LogP contribution in [0.5, 0.6) is 0 Å². The quantitative estimate of drug-likeness (QED) is 0.398. The van der Waals surface area contributed by atoms with Crippen molar-refractivity contribution in [3.8, 4) is 0 Å². The maximum absolute atomic E-state index is 11.2. The monoisotopic (exact) mass is 306 g/mol. The Morgan fingerprint density at radius 1 is 0.667 bits per heavy atom. The molecule has 2 N–H and O–H groups in total. The zero-order valence-electron chi connectivity index (χ0n) is 12.4. The molecule has 0 atom stereocenters. The SMILES string of the molecule is O=C(O)OCCCCCCOC(=O)OCCCCCCO. The van der Waals surface area contributed by atoms with Crippen molar-refractivity contribution >= 4 is 12.3 Å². The predicted molar refractivity (Wildman–Crippen MR) is 75.3 cm³/mol. The zero-order chi connectivity index (χ0) is 15.8. The van der Waals surface area contributed by atoms with Crippen molar-refractivity contribution in [2.75, 3.05) is 26.4 Å². The van der Waals surface area contributed by atoms with E-state index in [9.17, 15) is 9.59 Å². The van der Waals surface area contributed by atoms with Gasteiger partial charge in [-0.25, -0.2) is 9.59 Å². The Hall–Kier alpha value is -1.50. The lowest BCUT2D eigenvalue weighted by molar-refractivity contribution is 0.0524. The first-order valence-electron chi connectivity index (χ1n) is 7.43. The first-order chi connectivity index (χ1) is 10.2. The van der Waals surface area contributed by atoms with E-state index in [2.05, 4.69) is 4.74 Å². The number of ether oxygens (including phenoxy) is 3. The molecule has 7 heteroatoms. The Balaban J connectivity index is 3.17. The summed E-state index contributed by atoms with van der Waals surface area (Å²) in [5.74, 6) is 0. The van der Waals surface area contributed by atoms with Gasteiger partial charge in [-0.15, -0.1) is 0 Å². The van der Waals surface area contributed by atoms with Gasteiger partial charge in [-0.1, -0.05) is 6.42 Å². The summed E-state index contributed by atoms with van der Waals surface area (Å²) in [5.41, 5.74) is 0. The highest BCUT2D eigenvalue weighted by Crippen LogP contribution is 2.03. The standard InChI is InChI=1S/C14H26O7/c15-9-5-1-2-7-11-20-14(18)21-12-8-4-3-6-10-19-13(16)17/h15H,1-12H2,(H,16,17). The first kappa shape index (κ1) is 19.5. The van der Waals surface area contributed by atoms with Crippen LogP contribution in [0, 0.1) is 0 Å². The second-order valence-electron chi connectivity index (χ2n) is 4.61. The van der Waals surface area contributed by atoms with Crippen molar-refractivity contribution in [3.63, 3.8) is 0 Å². The van der Waals surface area contributed by atoms with E-state index in [0.29, 0.717) is 19.6 Å². The molecule has 0 unspecified atom stereocenters. The van der Waals surface area contributed by atoms with Crippen molar-refractivity contribution in [1.29, 1.82) is 0 Å². The minimum Gasteiger partial charge on any atom is -0.450 e. The Labute approximate surface area is 125 Å². The summed E-state index contributed by atoms with van der Waals surface area (Å²) in [4.78, 5) is 21.2. The fraction of sp³-hybridized carbons (Fsp3) is 0.857. The molecule has 124 valence electrons. The van der Waals surface area contributed by atoms with Gasteiger partial charge in [-0.2, -0.15) is 0 Å². The normalized spacial score (nSPS) is 10.1. The van der Waals surface area contributed by atoms with Gasteiger partial charge in [0.1, 0.15) is 0 Å². The van der Waals surface area contributed by atoms with Crippen molar-refractivity contribution in [2.45, 2.75) is 51.4 Å². The van der Waals surface area contributed by atoms with Crippen molar-refractivity contribution in [1.82, 2.24) is 0 Å². The Bertz CT molecular complexity index is 268. The molecule has 0 bridgehead atoms. The molecule has 7 nitrogen and oxygen atoms in total. The largest absolute Gasteiger partial charge is 0.508 e. The van der Waals surface area contributed by atoms with Gasteiger partial charge in [0.25, 0.3) is 0 Å². The van der Waals surface area contributed by atoms with E-state index < -0.39 is 12.3 Å². The van der Waals surface area contributed by atoms with Gasteiger partial charge in [0.2, 0.25) is 0 Å². The number of hydrogen-bond acceptors (Lipinski definition) is 6. The number of carboxylic acid groups (broad SMARTS) is 1. The fourth-order valence-electron chi connectivity index (χ4n) is 1.64. The third-order valence-corrected chi connectivity index (χ3v) is 2.76.